The minimum Gasteiger partial charge on any atom is -0.375 e. The zero-order chi connectivity index (χ0) is 11.6. The number of hydrogen-bond acceptors (Lipinski definition) is 3. The van der Waals surface area contributed by atoms with Crippen LogP contribution in [0.3, 0.4) is 0 Å². The first-order valence-electron chi connectivity index (χ1n) is 6.82. The van der Waals surface area contributed by atoms with E-state index in [1.165, 1.54) is 25.8 Å². The van der Waals surface area contributed by atoms with Crippen molar-refractivity contribution in [2.75, 3.05) is 19.7 Å². The van der Waals surface area contributed by atoms with Gasteiger partial charge in [0.15, 0.2) is 0 Å². The van der Waals surface area contributed by atoms with E-state index in [4.69, 9.17) is 10.5 Å². The molecule has 2 unspecified atom stereocenters. The maximum absolute atomic E-state index is 6.02. The van der Waals surface area contributed by atoms with Crippen LogP contribution in [0, 0.1) is 0 Å². The van der Waals surface area contributed by atoms with Crippen LogP contribution in [0.5, 0.6) is 0 Å². The molecular formula is C13H26N2O. The zero-order valence-electron chi connectivity index (χ0n) is 10.7. The van der Waals surface area contributed by atoms with Gasteiger partial charge < -0.3 is 10.5 Å². The molecule has 2 rings (SSSR count). The third kappa shape index (κ3) is 2.41. The van der Waals surface area contributed by atoms with Gasteiger partial charge in [0, 0.05) is 31.8 Å². The third-order valence-corrected chi connectivity index (χ3v) is 4.53. The summed E-state index contributed by atoms with van der Waals surface area (Å²) in [4.78, 5) is 2.59. The first-order chi connectivity index (χ1) is 7.69. The van der Waals surface area contributed by atoms with Crippen molar-refractivity contribution in [2.24, 2.45) is 5.73 Å². The van der Waals surface area contributed by atoms with Crippen molar-refractivity contribution in [1.29, 1.82) is 0 Å². The van der Waals surface area contributed by atoms with Gasteiger partial charge in [-0.25, -0.2) is 0 Å². The first kappa shape index (κ1) is 12.3. The Morgan fingerprint density at radius 3 is 2.62 bits per heavy atom. The lowest BCUT2D eigenvalue weighted by molar-refractivity contribution is -0.108. The Hall–Kier alpha value is -0.120. The lowest BCUT2D eigenvalue weighted by Gasteiger charge is -2.43. The maximum atomic E-state index is 6.02. The van der Waals surface area contributed by atoms with Crippen LogP contribution in [0.4, 0.5) is 0 Å². The number of nitrogens with two attached hydrogens (primary N) is 1. The first-order valence-corrected chi connectivity index (χ1v) is 6.82. The van der Waals surface area contributed by atoms with Crippen molar-refractivity contribution in [2.45, 2.75) is 63.6 Å². The molecule has 2 N–H and O–H groups in total. The number of hydrogen-bond donors (Lipinski definition) is 1. The summed E-state index contributed by atoms with van der Waals surface area (Å²) >= 11 is 0. The lowest BCUT2D eigenvalue weighted by Crippen LogP contribution is -2.48. The molecule has 0 spiro atoms. The fourth-order valence-electron chi connectivity index (χ4n) is 3.20. The average Bonchev–Trinajstić information content (AvgIpc) is 2.76. The molecule has 16 heavy (non-hydrogen) atoms. The smallest absolute Gasteiger partial charge is 0.0692 e. The molecule has 0 aromatic rings. The highest BCUT2D eigenvalue weighted by molar-refractivity contribution is 4.92. The lowest BCUT2D eigenvalue weighted by atomic mass is 9.85. The van der Waals surface area contributed by atoms with Crippen LogP contribution in [-0.4, -0.2) is 42.3 Å². The van der Waals surface area contributed by atoms with Gasteiger partial charge in [0.2, 0.25) is 0 Å². The van der Waals surface area contributed by atoms with Crippen LogP contribution in [0.1, 0.15) is 46.0 Å². The van der Waals surface area contributed by atoms with Crippen molar-refractivity contribution in [3.05, 3.63) is 0 Å². The fraction of sp³-hybridized carbons (Fsp3) is 1.00. The minimum absolute atomic E-state index is 0.148. The van der Waals surface area contributed by atoms with Gasteiger partial charge in [-0.15, -0.1) is 0 Å². The minimum atomic E-state index is 0.148. The molecule has 3 nitrogen and oxygen atoms in total. The molecule has 0 bridgehead atoms. The van der Waals surface area contributed by atoms with E-state index in [1.54, 1.807) is 0 Å². The van der Waals surface area contributed by atoms with Crippen molar-refractivity contribution in [1.82, 2.24) is 4.90 Å². The topological polar surface area (TPSA) is 38.5 Å². The molecule has 2 fully saturated rings. The van der Waals surface area contributed by atoms with Crippen molar-refractivity contribution in [3.63, 3.8) is 0 Å². The SMILES string of the molecule is CCC1(CC)CC(N2CCC(N)C2)CCO1. The van der Waals surface area contributed by atoms with Crippen molar-refractivity contribution in [3.8, 4) is 0 Å². The van der Waals surface area contributed by atoms with Crippen molar-refractivity contribution >= 4 is 0 Å². The Morgan fingerprint density at radius 1 is 1.31 bits per heavy atom. The highest BCUT2D eigenvalue weighted by Gasteiger charge is 2.38. The highest BCUT2D eigenvalue weighted by Crippen LogP contribution is 2.34. The molecule has 0 amide bonds. The van der Waals surface area contributed by atoms with E-state index >= 15 is 0 Å². The number of ether oxygens (including phenoxy) is 1. The van der Waals surface area contributed by atoms with Crippen LogP contribution in [-0.2, 0) is 4.74 Å². The Kier molecular flexibility index (Phi) is 3.88. The normalized spacial score (nSPS) is 35.4. The van der Waals surface area contributed by atoms with Crippen LogP contribution < -0.4 is 5.73 Å². The maximum Gasteiger partial charge on any atom is 0.0692 e. The molecule has 2 heterocycles. The molecule has 94 valence electrons. The Balaban J connectivity index is 1.96. The van der Waals surface area contributed by atoms with E-state index in [0.29, 0.717) is 12.1 Å². The van der Waals surface area contributed by atoms with Crippen molar-refractivity contribution < 1.29 is 4.74 Å². The second-order valence-electron chi connectivity index (χ2n) is 5.43. The summed E-state index contributed by atoms with van der Waals surface area (Å²) in [6.45, 7) is 7.71. The predicted molar refractivity (Wildman–Crippen MR) is 66.5 cm³/mol. The number of likely N-dealkylation sites (tertiary alicyclic amines) is 1. The Bertz CT molecular complexity index is 228. The Morgan fingerprint density at radius 2 is 2.06 bits per heavy atom. The van der Waals surface area contributed by atoms with Gasteiger partial charge in [0.25, 0.3) is 0 Å². The van der Waals surface area contributed by atoms with Crippen LogP contribution >= 0.6 is 0 Å². The quantitative estimate of drug-likeness (QED) is 0.797. The van der Waals surface area contributed by atoms with E-state index in [2.05, 4.69) is 18.7 Å². The molecule has 3 heteroatoms. The predicted octanol–water partition coefficient (Wildman–Crippen LogP) is 1.76. The summed E-state index contributed by atoms with van der Waals surface area (Å²) in [5.41, 5.74) is 6.14. The second-order valence-corrected chi connectivity index (χ2v) is 5.43. The molecule has 0 aliphatic carbocycles. The summed E-state index contributed by atoms with van der Waals surface area (Å²) in [6.07, 6.45) is 5.84. The van der Waals surface area contributed by atoms with E-state index in [1.807, 2.05) is 0 Å². The van der Waals surface area contributed by atoms with E-state index in [0.717, 1.165) is 26.0 Å². The molecule has 0 saturated carbocycles. The second kappa shape index (κ2) is 5.03. The molecule has 0 aromatic carbocycles. The largest absolute Gasteiger partial charge is 0.375 e. The van der Waals surface area contributed by atoms with Gasteiger partial charge in [-0.3, -0.25) is 4.90 Å². The number of nitrogens with zero attached hydrogens (tertiary/aromatic N) is 1. The Labute approximate surface area is 99.3 Å². The molecule has 2 saturated heterocycles. The van der Waals surface area contributed by atoms with Gasteiger partial charge in [-0.1, -0.05) is 13.8 Å². The van der Waals surface area contributed by atoms with E-state index in [9.17, 15) is 0 Å². The third-order valence-electron chi connectivity index (χ3n) is 4.53. The molecule has 0 radical (unpaired) electrons. The summed E-state index contributed by atoms with van der Waals surface area (Å²) in [5, 5.41) is 0. The van der Waals surface area contributed by atoms with Gasteiger partial charge in [0.05, 0.1) is 5.60 Å². The standard InChI is InChI=1S/C13H26N2O/c1-3-13(4-2)9-12(6-8-16-13)15-7-5-11(14)10-15/h11-12H,3-10,14H2,1-2H3. The average molecular weight is 226 g/mol. The molecule has 2 aliphatic rings. The van der Waals surface area contributed by atoms with Gasteiger partial charge in [-0.05, 0) is 32.1 Å². The molecule has 2 aliphatic heterocycles. The monoisotopic (exact) mass is 226 g/mol. The molecular weight excluding hydrogens is 200 g/mol. The summed E-state index contributed by atoms with van der Waals surface area (Å²) in [7, 11) is 0. The summed E-state index contributed by atoms with van der Waals surface area (Å²) in [6, 6.07) is 1.11. The van der Waals surface area contributed by atoms with Gasteiger partial charge in [0.1, 0.15) is 0 Å². The van der Waals surface area contributed by atoms with Crippen LogP contribution in [0.25, 0.3) is 0 Å². The van der Waals surface area contributed by atoms with Crippen LogP contribution in [0.15, 0.2) is 0 Å². The zero-order valence-corrected chi connectivity index (χ0v) is 10.7. The van der Waals surface area contributed by atoms with E-state index < -0.39 is 0 Å². The number of rotatable bonds is 3. The molecule has 0 aromatic heterocycles. The summed E-state index contributed by atoms with van der Waals surface area (Å²) in [5.74, 6) is 0. The van der Waals surface area contributed by atoms with Crippen LogP contribution in [0.2, 0.25) is 0 Å². The molecule has 2 atom stereocenters. The fourth-order valence-corrected chi connectivity index (χ4v) is 3.20. The van der Waals surface area contributed by atoms with Gasteiger partial charge in [-0.2, -0.15) is 0 Å². The van der Waals surface area contributed by atoms with Gasteiger partial charge >= 0.3 is 0 Å². The highest BCUT2D eigenvalue weighted by atomic mass is 16.5. The van der Waals surface area contributed by atoms with E-state index in [-0.39, 0.29) is 5.60 Å². The summed E-state index contributed by atoms with van der Waals surface area (Å²) < 4.78 is 6.02.